The number of carbonyl (C=O) groups is 1. The number of halogens is 1. The van der Waals surface area contributed by atoms with E-state index in [2.05, 4.69) is 0 Å². The Hall–Kier alpha value is -1.94. The van der Waals surface area contributed by atoms with E-state index in [1.165, 1.54) is 13.8 Å². The van der Waals surface area contributed by atoms with Gasteiger partial charge in [-0.05, 0) is 31.0 Å². The van der Waals surface area contributed by atoms with Crippen molar-refractivity contribution < 1.29 is 22.7 Å². The number of carboxylic acids is 1. The Balaban J connectivity index is 3.54. The molecule has 1 unspecified atom stereocenters. The number of benzene rings is 1. The molecule has 0 saturated heterocycles. The van der Waals surface area contributed by atoms with Crippen molar-refractivity contribution in [3.63, 3.8) is 0 Å². The van der Waals surface area contributed by atoms with Gasteiger partial charge in [0.15, 0.2) is 15.1 Å². The summed E-state index contributed by atoms with van der Waals surface area (Å²) in [5.41, 5.74) is -0.808. The molecule has 0 bridgehead atoms. The standard InChI is InChI=1S/C12H12FNO4S/c1-3-8(6-14)19(17,18)9-4-7(2)11(13)10(5-9)12(15)16/h4-5,8H,3H2,1-2H3,(H,15,16). The molecular weight excluding hydrogens is 273 g/mol. The number of nitriles is 1. The third-order valence-electron chi connectivity index (χ3n) is 2.68. The first kappa shape index (κ1) is 15.1. The van der Waals surface area contributed by atoms with Gasteiger partial charge in [0.25, 0.3) is 0 Å². The molecule has 0 aliphatic rings. The Morgan fingerprint density at radius 2 is 2.11 bits per heavy atom. The summed E-state index contributed by atoms with van der Waals surface area (Å²) in [6, 6.07) is 3.43. The summed E-state index contributed by atoms with van der Waals surface area (Å²) in [6.07, 6.45) is 0.0671. The number of carboxylic acid groups (broad SMARTS) is 1. The molecule has 7 heteroatoms. The van der Waals surface area contributed by atoms with Crippen LogP contribution in [0.3, 0.4) is 0 Å². The number of rotatable bonds is 4. The van der Waals surface area contributed by atoms with Crippen LogP contribution in [0.2, 0.25) is 0 Å². The van der Waals surface area contributed by atoms with Crippen molar-refractivity contribution in [3.05, 3.63) is 29.1 Å². The molecule has 5 nitrogen and oxygen atoms in total. The summed E-state index contributed by atoms with van der Waals surface area (Å²) in [5.74, 6) is -2.53. The van der Waals surface area contributed by atoms with Crippen molar-refractivity contribution in [3.8, 4) is 6.07 Å². The summed E-state index contributed by atoms with van der Waals surface area (Å²) in [5, 5.41) is 16.4. The van der Waals surface area contributed by atoms with E-state index in [-0.39, 0.29) is 16.9 Å². The Morgan fingerprint density at radius 1 is 1.53 bits per heavy atom. The first-order valence-corrected chi connectivity index (χ1v) is 6.97. The summed E-state index contributed by atoms with van der Waals surface area (Å²) in [6.45, 7) is 2.80. The molecule has 0 saturated carbocycles. The average molecular weight is 285 g/mol. The molecule has 19 heavy (non-hydrogen) atoms. The lowest BCUT2D eigenvalue weighted by molar-refractivity contribution is 0.0691. The van der Waals surface area contributed by atoms with Crippen molar-refractivity contribution in [2.75, 3.05) is 0 Å². The lowest BCUT2D eigenvalue weighted by atomic mass is 10.1. The van der Waals surface area contributed by atoms with Crippen LogP contribution in [0, 0.1) is 24.1 Å². The predicted molar refractivity (Wildman–Crippen MR) is 65.0 cm³/mol. The highest BCUT2D eigenvalue weighted by Crippen LogP contribution is 2.23. The lowest BCUT2D eigenvalue weighted by Crippen LogP contribution is -2.20. The van der Waals surface area contributed by atoms with Gasteiger partial charge in [-0.3, -0.25) is 0 Å². The van der Waals surface area contributed by atoms with E-state index in [1.54, 1.807) is 6.07 Å². The molecule has 1 rings (SSSR count). The van der Waals surface area contributed by atoms with Gasteiger partial charge in [-0.15, -0.1) is 0 Å². The molecule has 1 atom stereocenters. The first-order chi connectivity index (χ1) is 8.75. The minimum Gasteiger partial charge on any atom is -0.478 e. The summed E-state index contributed by atoms with van der Waals surface area (Å²) in [7, 11) is -3.99. The third kappa shape index (κ3) is 2.74. The minimum absolute atomic E-state index is 0.0671. The van der Waals surface area contributed by atoms with E-state index < -0.39 is 32.4 Å². The predicted octanol–water partition coefficient (Wildman–Crippen LogP) is 1.91. The molecule has 1 N–H and O–H groups in total. The van der Waals surface area contributed by atoms with Crippen LogP contribution in [0.1, 0.15) is 29.3 Å². The number of nitrogens with zero attached hydrogens (tertiary/aromatic N) is 1. The van der Waals surface area contributed by atoms with E-state index in [1.807, 2.05) is 0 Å². The van der Waals surface area contributed by atoms with Crippen molar-refractivity contribution in [2.24, 2.45) is 0 Å². The molecule has 0 fully saturated rings. The Bertz CT molecular complexity index is 661. The average Bonchev–Trinajstić information content (AvgIpc) is 2.33. The van der Waals surface area contributed by atoms with E-state index in [0.717, 1.165) is 12.1 Å². The summed E-state index contributed by atoms with van der Waals surface area (Å²) >= 11 is 0. The lowest BCUT2D eigenvalue weighted by Gasteiger charge is -2.11. The first-order valence-electron chi connectivity index (χ1n) is 5.42. The molecule has 0 aliphatic heterocycles. The quantitative estimate of drug-likeness (QED) is 0.852. The second kappa shape index (κ2) is 5.36. The highest BCUT2D eigenvalue weighted by atomic mass is 32.2. The largest absolute Gasteiger partial charge is 0.478 e. The maximum Gasteiger partial charge on any atom is 0.338 e. The molecule has 1 aromatic rings. The van der Waals surface area contributed by atoms with Crippen LogP contribution in [0.15, 0.2) is 17.0 Å². The molecule has 0 spiro atoms. The van der Waals surface area contributed by atoms with E-state index in [0.29, 0.717) is 0 Å². The fourth-order valence-corrected chi connectivity index (χ4v) is 3.13. The third-order valence-corrected chi connectivity index (χ3v) is 4.76. The van der Waals surface area contributed by atoms with Crippen molar-refractivity contribution >= 4 is 15.8 Å². The fraction of sp³-hybridized carbons (Fsp3) is 0.333. The van der Waals surface area contributed by atoms with Gasteiger partial charge in [0.1, 0.15) is 5.82 Å². The van der Waals surface area contributed by atoms with Gasteiger partial charge in [0.05, 0.1) is 16.5 Å². The molecule has 0 amide bonds. The molecular formula is C12H12FNO4S. The molecule has 0 aliphatic carbocycles. The van der Waals surface area contributed by atoms with Gasteiger partial charge in [-0.2, -0.15) is 5.26 Å². The molecule has 0 heterocycles. The molecule has 0 radical (unpaired) electrons. The number of aromatic carboxylic acids is 1. The van der Waals surface area contributed by atoms with Gasteiger partial charge in [0.2, 0.25) is 0 Å². The van der Waals surface area contributed by atoms with Crippen LogP contribution in [-0.4, -0.2) is 24.7 Å². The maximum absolute atomic E-state index is 13.5. The van der Waals surface area contributed by atoms with Gasteiger partial charge in [-0.25, -0.2) is 17.6 Å². The van der Waals surface area contributed by atoms with Crippen molar-refractivity contribution in [1.29, 1.82) is 5.26 Å². The van der Waals surface area contributed by atoms with Gasteiger partial charge < -0.3 is 5.11 Å². The highest BCUT2D eigenvalue weighted by Gasteiger charge is 2.28. The minimum atomic E-state index is -3.99. The monoisotopic (exact) mass is 285 g/mol. The Kier molecular flexibility index (Phi) is 4.27. The molecule has 0 aromatic heterocycles. The zero-order valence-electron chi connectivity index (χ0n) is 10.3. The van der Waals surface area contributed by atoms with Gasteiger partial charge >= 0.3 is 5.97 Å². The van der Waals surface area contributed by atoms with Crippen molar-refractivity contribution in [1.82, 2.24) is 0 Å². The summed E-state index contributed by atoms with van der Waals surface area (Å²) < 4.78 is 37.7. The smallest absolute Gasteiger partial charge is 0.338 e. The number of aryl methyl sites for hydroxylation is 1. The fourth-order valence-electron chi connectivity index (χ4n) is 1.60. The SMILES string of the molecule is CCC(C#N)S(=O)(=O)c1cc(C)c(F)c(C(=O)O)c1. The van der Waals surface area contributed by atoms with Crippen LogP contribution in [0.4, 0.5) is 4.39 Å². The topological polar surface area (TPSA) is 95.2 Å². The molecule has 102 valence electrons. The van der Waals surface area contributed by atoms with Gasteiger partial charge in [-0.1, -0.05) is 6.92 Å². The van der Waals surface area contributed by atoms with Crippen LogP contribution in [0.5, 0.6) is 0 Å². The van der Waals surface area contributed by atoms with Gasteiger partial charge in [0, 0.05) is 0 Å². The summed E-state index contributed by atoms with van der Waals surface area (Å²) in [4.78, 5) is 10.5. The van der Waals surface area contributed by atoms with Crippen LogP contribution < -0.4 is 0 Å². The zero-order chi connectivity index (χ0) is 14.8. The van der Waals surface area contributed by atoms with Crippen LogP contribution in [-0.2, 0) is 9.84 Å². The van der Waals surface area contributed by atoms with Crippen LogP contribution >= 0.6 is 0 Å². The van der Waals surface area contributed by atoms with E-state index in [4.69, 9.17) is 10.4 Å². The number of hydrogen-bond donors (Lipinski definition) is 1. The zero-order valence-corrected chi connectivity index (χ0v) is 11.2. The van der Waals surface area contributed by atoms with Crippen LogP contribution in [0.25, 0.3) is 0 Å². The second-order valence-corrected chi connectivity index (χ2v) is 6.11. The number of hydrogen-bond acceptors (Lipinski definition) is 4. The second-order valence-electron chi connectivity index (χ2n) is 3.98. The van der Waals surface area contributed by atoms with E-state index >= 15 is 0 Å². The normalized spacial score (nSPS) is 12.7. The Labute approximate surface area is 110 Å². The van der Waals surface area contributed by atoms with E-state index in [9.17, 15) is 17.6 Å². The van der Waals surface area contributed by atoms with Crippen molar-refractivity contribution in [2.45, 2.75) is 30.4 Å². The molecule has 1 aromatic carbocycles. The highest BCUT2D eigenvalue weighted by molar-refractivity contribution is 7.92. The number of sulfone groups is 1. The maximum atomic E-state index is 13.5. The Morgan fingerprint density at radius 3 is 2.53 bits per heavy atom.